The fourth-order valence-corrected chi connectivity index (χ4v) is 2.42. The molecule has 0 saturated carbocycles. The number of ether oxygens (including phenoxy) is 2. The van der Waals surface area contributed by atoms with Crippen LogP contribution in [0, 0.1) is 0 Å². The van der Waals surface area contributed by atoms with Gasteiger partial charge in [0.2, 0.25) is 0 Å². The Morgan fingerprint density at radius 3 is 2.95 bits per heavy atom. The van der Waals surface area contributed by atoms with Gasteiger partial charge in [-0.1, -0.05) is 30.3 Å². The van der Waals surface area contributed by atoms with Gasteiger partial charge in [-0.15, -0.1) is 0 Å². The first-order chi connectivity index (χ1) is 9.36. The average molecular weight is 255 g/mol. The van der Waals surface area contributed by atoms with Crippen molar-refractivity contribution in [3.8, 4) is 5.75 Å². The first-order valence-corrected chi connectivity index (χ1v) is 6.43. The first kappa shape index (κ1) is 12.1. The number of hydrogen-bond donors (Lipinski definition) is 1. The Hall–Kier alpha value is -2.00. The summed E-state index contributed by atoms with van der Waals surface area (Å²) in [6, 6.07) is 16.6. The Labute approximate surface area is 113 Å². The third kappa shape index (κ3) is 2.56. The highest BCUT2D eigenvalue weighted by atomic mass is 16.5. The minimum atomic E-state index is 0.192. The molecule has 1 unspecified atom stereocenters. The number of fused-ring (bicyclic) bond motifs is 1. The molecule has 3 rings (SSSR count). The number of methoxy groups -OCH3 is 1. The van der Waals surface area contributed by atoms with Crippen molar-refractivity contribution in [2.24, 2.45) is 0 Å². The Morgan fingerprint density at radius 2 is 2.05 bits per heavy atom. The summed E-state index contributed by atoms with van der Waals surface area (Å²) in [4.78, 5) is 0. The van der Waals surface area contributed by atoms with Gasteiger partial charge in [0.15, 0.2) is 0 Å². The molecule has 98 valence electrons. The van der Waals surface area contributed by atoms with Crippen LogP contribution >= 0.6 is 0 Å². The zero-order valence-electron chi connectivity index (χ0n) is 10.9. The van der Waals surface area contributed by atoms with Crippen LogP contribution in [0.25, 0.3) is 0 Å². The maximum Gasteiger partial charge on any atom is 0.120 e. The molecular formula is C16H17NO2. The highest BCUT2D eigenvalue weighted by molar-refractivity contribution is 5.50. The summed E-state index contributed by atoms with van der Waals surface area (Å²) >= 11 is 0. The highest BCUT2D eigenvalue weighted by Crippen LogP contribution is 2.28. The summed E-state index contributed by atoms with van der Waals surface area (Å²) < 4.78 is 10.9. The molecule has 1 heterocycles. The van der Waals surface area contributed by atoms with Crippen molar-refractivity contribution in [3.05, 3.63) is 59.7 Å². The molecule has 2 aromatic carbocycles. The molecule has 0 bridgehead atoms. The lowest BCUT2D eigenvalue weighted by Crippen LogP contribution is -2.23. The number of hydrogen-bond acceptors (Lipinski definition) is 3. The molecule has 1 aliphatic rings. The van der Waals surface area contributed by atoms with Gasteiger partial charge in [-0.05, 0) is 23.3 Å². The van der Waals surface area contributed by atoms with Crippen molar-refractivity contribution >= 4 is 5.69 Å². The SMILES string of the molecule is COc1cccc(NC2COCc3ccccc32)c1. The van der Waals surface area contributed by atoms with Gasteiger partial charge in [0.1, 0.15) is 5.75 Å². The van der Waals surface area contributed by atoms with E-state index in [2.05, 4.69) is 29.6 Å². The molecule has 3 heteroatoms. The Balaban J connectivity index is 1.84. The molecule has 0 aromatic heterocycles. The third-order valence-corrected chi connectivity index (χ3v) is 3.38. The zero-order valence-corrected chi connectivity index (χ0v) is 10.9. The lowest BCUT2D eigenvalue weighted by molar-refractivity contribution is 0.0970. The molecule has 2 aromatic rings. The summed E-state index contributed by atoms with van der Waals surface area (Å²) in [7, 11) is 1.68. The van der Waals surface area contributed by atoms with Crippen molar-refractivity contribution in [2.75, 3.05) is 19.0 Å². The van der Waals surface area contributed by atoms with Crippen molar-refractivity contribution < 1.29 is 9.47 Å². The molecule has 0 fully saturated rings. The molecule has 0 saturated heterocycles. The van der Waals surface area contributed by atoms with E-state index in [4.69, 9.17) is 9.47 Å². The highest BCUT2D eigenvalue weighted by Gasteiger charge is 2.19. The summed E-state index contributed by atoms with van der Waals surface area (Å²) in [6.45, 7) is 1.39. The molecule has 0 amide bonds. The molecule has 19 heavy (non-hydrogen) atoms. The largest absolute Gasteiger partial charge is 0.497 e. The van der Waals surface area contributed by atoms with Crippen LogP contribution in [0.15, 0.2) is 48.5 Å². The molecule has 3 nitrogen and oxygen atoms in total. The predicted molar refractivity (Wildman–Crippen MR) is 75.5 cm³/mol. The van der Waals surface area contributed by atoms with Gasteiger partial charge in [-0.2, -0.15) is 0 Å². The molecule has 1 atom stereocenters. The van der Waals surface area contributed by atoms with Crippen LogP contribution in [0.1, 0.15) is 17.2 Å². The smallest absolute Gasteiger partial charge is 0.120 e. The van der Waals surface area contributed by atoms with Crippen LogP contribution in [-0.4, -0.2) is 13.7 Å². The van der Waals surface area contributed by atoms with Gasteiger partial charge >= 0.3 is 0 Å². The quantitative estimate of drug-likeness (QED) is 0.912. The van der Waals surface area contributed by atoms with Crippen molar-refractivity contribution in [1.82, 2.24) is 0 Å². The van der Waals surface area contributed by atoms with Gasteiger partial charge < -0.3 is 14.8 Å². The number of benzene rings is 2. The van der Waals surface area contributed by atoms with E-state index in [-0.39, 0.29) is 6.04 Å². The van der Waals surface area contributed by atoms with Gasteiger partial charge in [-0.3, -0.25) is 0 Å². The Bertz CT molecular complexity index is 568. The lowest BCUT2D eigenvalue weighted by atomic mass is 9.99. The van der Waals surface area contributed by atoms with Gasteiger partial charge in [0.05, 0.1) is 26.4 Å². The van der Waals surface area contributed by atoms with Gasteiger partial charge in [0, 0.05) is 11.8 Å². The van der Waals surface area contributed by atoms with Crippen molar-refractivity contribution in [1.29, 1.82) is 0 Å². The second kappa shape index (κ2) is 5.33. The minimum Gasteiger partial charge on any atom is -0.497 e. The standard InChI is InChI=1S/C16H17NO2/c1-18-14-7-4-6-13(9-14)17-16-11-19-10-12-5-2-3-8-15(12)16/h2-9,16-17H,10-11H2,1H3. The first-order valence-electron chi connectivity index (χ1n) is 6.43. The molecule has 0 aliphatic carbocycles. The maximum atomic E-state index is 5.64. The topological polar surface area (TPSA) is 30.5 Å². The third-order valence-electron chi connectivity index (χ3n) is 3.38. The summed E-state index contributed by atoms with van der Waals surface area (Å²) in [6.07, 6.45) is 0. The molecule has 1 aliphatic heterocycles. The van der Waals surface area contributed by atoms with E-state index in [0.717, 1.165) is 11.4 Å². The maximum absolute atomic E-state index is 5.64. The fraction of sp³-hybridized carbons (Fsp3) is 0.250. The van der Waals surface area contributed by atoms with E-state index >= 15 is 0 Å². The van der Waals surface area contributed by atoms with Crippen LogP contribution in [0.5, 0.6) is 5.75 Å². The van der Waals surface area contributed by atoms with E-state index in [0.29, 0.717) is 13.2 Å². The fourth-order valence-electron chi connectivity index (χ4n) is 2.42. The van der Waals surface area contributed by atoms with Crippen LogP contribution in [0.3, 0.4) is 0 Å². The minimum absolute atomic E-state index is 0.192. The number of nitrogens with one attached hydrogen (secondary N) is 1. The van der Waals surface area contributed by atoms with E-state index in [1.807, 2.05) is 24.3 Å². The number of rotatable bonds is 3. The van der Waals surface area contributed by atoms with Crippen LogP contribution in [0.2, 0.25) is 0 Å². The van der Waals surface area contributed by atoms with Gasteiger partial charge in [-0.25, -0.2) is 0 Å². The van der Waals surface area contributed by atoms with Gasteiger partial charge in [0.25, 0.3) is 0 Å². The van der Waals surface area contributed by atoms with Crippen LogP contribution in [-0.2, 0) is 11.3 Å². The average Bonchev–Trinajstić information content (AvgIpc) is 2.48. The Morgan fingerprint density at radius 1 is 1.16 bits per heavy atom. The molecule has 0 spiro atoms. The second-order valence-electron chi connectivity index (χ2n) is 4.64. The number of anilines is 1. The van der Waals surface area contributed by atoms with E-state index in [1.165, 1.54) is 11.1 Å². The predicted octanol–water partition coefficient (Wildman–Crippen LogP) is 3.38. The molecule has 0 radical (unpaired) electrons. The van der Waals surface area contributed by atoms with E-state index in [9.17, 15) is 0 Å². The van der Waals surface area contributed by atoms with Crippen LogP contribution in [0.4, 0.5) is 5.69 Å². The summed E-state index contributed by atoms with van der Waals surface area (Å²) in [5.74, 6) is 0.856. The summed E-state index contributed by atoms with van der Waals surface area (Å²) in [5.41, 5.74) is 3.62. The second-order valence-corrected chi connectivity index (χ2v) is 4.64. The molecule has 1 N–H and O–H groups in total. The lowest BCUT2D eigenvalue weighted by Gasteiger charge is -2.27. The van der Waals surface area contributed by atoms with Crippen molar-refractivity contribution in [3.63, 3.8) is 0 Å². The molecular weight excluding hydrogens is 238 g/mol. The van der Waals surface area contributed by atoms with Crippen LogP contribution < -0.4 is 10.1 Å². The monoisotopic (exact) mass is 255 g/mol. The van der Waals surface area contributed by atoms with E-state index in [1.54, 1.807) is 7.11 Å². The normalized spacial score (nSPS) is 17.6. The Kier molecular flexibility index (Phi) is 3.38. The summed E-state index contributed by atoms with van der Waals surface area (Å²) in [5, 5.41) is 3.51. The van der Waals surface area contributed by atoms with Crippen molar-refractivity contribution in [2.45, 2.75) is 12.6 Å². The van der Waals surface area contributed by atoms with E-state index < -0.39 is 0 Å². The zero-order chi connectivity index (χ0) is 13.1.